The molecule has 1 aromatic carbocycles. The van der Waals surface area contributed by atoms with Gasteiger partial charge in [0.25, 0.3) is 0 Å². The van der Waals surface area contributed by atoms with E-state index in [1.807, 2.05) is 6.07 Å². The van der Waals surface area contributed by atoms with E-state index >= 15 is 0 Å². The third-order valence-corrected chi connectivity index (χ3v) is 4.69. The van der Waals surface area contributed by atoms with Gasteiger partial charge in [0.15, 0.2) is 5.96 Å². The highest BCUT2D eigenvalue weighted by Gasteiger charge is 2.29. The number of guanidine groups is 1. The van der Waals surface area contributed by atoms with E-state index in [0.717, 1.165) is 58.1 Å². The maximum Gasteiger partial charge on any atom is 0.191 e. The van der Waals surface area contributed by atoms with Crippen molar-refractivity contribution in [3.63, 3.8) is 0 Å². The summed E-state index contributed by atoms with van der Waals surface area (Å²) in [6.45, 7) is 6.27. The molecule has 6 heteroatoms. The monoisotopic (exact) mass is 459 g/mol. The molecular weight excluding hydrogens is 429 g/mol. The van der Waals surface area contributed by atoms with Gasteiger partial charge >= 0.3 is 0 Å². The molecule has 0 spiro atoms. The summed E-state index contributed by atoms with van der Waals surface area (Å²) < 4.78 is 11.6. The zero-order valence-corrected chi connectivity index (χ0v) is 17.3. The number of nitrogens with one attached hydrogen (secondary N) is 2. The molecule has 25 heavy (non-hydrogen) atoms. The van der Waals surface area contributed by atoms with Crippen LogP contribution in [0.15, 0.2) is 35.3 Å². The topological polar surface area (TPSA) is 54.9 Å². The number of benzene rings is 1. The summed E-state index contributed by atoms with van der Waals surface area (Å²) in [6, 6.07) is 10.5. The maximum atomic E-state index is 5.96. The molecule has 1 aromatic rings. The van der Waals surface area contributed by atoms with E-state index in [-0.39, 0.29) is 30.1 Å². The van der Waals surface area contributed by atoms with Crippen LogP contribution in [0.4, 0.5) is 0 Å². The Morgan fingerprint density at radius 1 is 1.12 bits per heavy atom. The predicted molar refractivity (Wildman–Crippen MR) is 112 cm³/mol. The molecule has 3 rings (SSSR count). The summed E-state index contributed by atoms with van der Waals surface area (Å²) in [7, 11) is 0. The Morgan fingerprint density at radius 2 is 1.96 bits per heavy atom. The second kappa shape index (κ2) is 11.0. The molecule has 0 aliphatic carbocycles. The molecule has 2 aliphatic rings. The van der Waals surface area contributed by atoms with Crippen molar-refractivity contribution in [2.45, 2.75) is 38.4 Å². The molecule has 2 heterocycles. The molecule has 2 fully saturated rings. The Hall–Kier alpha value is -0.860. The number of rotatable bonds is 6. The summed E-state index contributed by atoms with van der Waals surface area (Å²) in [5.41, 5.74) is 1.26. The van der Waals surface area contributed by atoms with Crippen LogP contribution in [0.25, 0.3) is 0 Å². The van der Waals surface area contributed by atoms with Gasteiger partial charge < -0.3 is 20.1 Å². The lowest BCUT2D eigenvalue weighted by molar-refractivity contribution is 0.0925. The first kappa shape index (κ1) is 20.5. The molecule has 0 aromatic heterocycles. The molecule has 0 saturated carbocycles. The van der Waals surface area contributed by atoms with E-state index in [0.29, 0.717) is 12.0 Å². The fourth-order valence-electron chi connectivity index (χ4n) is 3.40. The van der Waals surface area contributed by atoms with Crippen LogP contribution in [-0.4, -0.2) is 44.9 Å². The maximum absolute atomic E-state index is 5.96. The van der Waals surface area contributed by atoms with Gasteiger partial charge in [0.05, 0.1) is 12.2 Å². The van der Waals surface area contributed by atoms with Crippen LogP contribution >= 0.6 is 24.0 Å². The van der Waals surface area contributed by atoms with Gasteiger partial charge in [-0.2, -0.15) is 0 Å². The van der Waals surface area contributed by atoms with Gasteiger partial charge in [0.2, 0.25) is 0 Å². The number of halogens is 1. The van der Waals surface area contributed by atoms with Crippen LogP contribution in [0.3, 0.4) is 0 Å². The van der Waals surface area contributed by atoms with Crippen LogP contribution in [0.2, 0.25) is 0 Å². The minimum atomic E-state index is 0. The first-order valence-electron chi connectivity index (χ1n) is 9.17. The summed E-state index contributed by atoms with van der Waals surface area (Å²) >= 11 is 0. The molecular formula is C19H30IN3O2. The molecule has 5 nitrogen and oxygen atoms in total. The van der Waals surface area contributed by atoms with Gasteiger partial charge in [-0.25, -0.2) is 0 Å². The number of aliphatic imine (C=N–C) groups is 1. The Balaban J connectivity index is 0.00000225. The lowest BCUT2D eigenvalue weighted by Crippen LogP contribution is -2.41. The highest BCUT2D eigenvalue weighted by molar-refractivity contribution is 14.0. The third kappa shape index (κ3) is 6.11. The Bertz CT molecular complexity index is 521. The largest absolute Gasteiger partial charge is 0.376 e. The van der Waals surface area contributed by atoms with Crippen LogP contribution < -0.4 is 10.6 Å². The average Bonchev–Trinajstić information content (AvgIpc) is 3.29. The van der Waals surface area contributed by atoms with Crippen molar-refractivity contribution >= 4 is 29.9 Å². The highest BCUT2D eigenvalue weighted by atomic mass is 127. The molecule has 2 N–H and O–H groups in total. The molecule has 140 valence electrons. The zero-order valence-electron chi connectivity index (χ0n) is 14.9. The normalized spacial score (nSPS) is 26.3. The summed E-state index contributed by atoms with van der Waals surface area (Å²) in [6.07, 6.45) is 3.85. The first-order chi connectivity index (χ1) is 11.9. The Morgan fingerprint density at radius 3 is 2.68 bits per heavy atom. The van der Waals surface area contributed by atoms with Gasteiger partial charge in [-0.05, 0) is 31.7 Å². The lowest BCUT2D eigenvalue weighted by atomic mass is 9.95. The summed E-state index contributed by atoms with van der Waals surface area (Å²) in [5, 5.41) is 6.74. The van der Waals surface area contributed by atoms with Gasteiger partial charge in [-0.15, -0.1) is 24.0 Å². The van der Waals surface area contributed by atoms with Crippen molar-refractivity contribution in [3.05, 3.63) is 35.9 Å². The second-order valence-corrected chi connectivity index (χ2v) is 6.49. The quantitative estimate of drug-likeness (QED) is 0.390. The van der Waals surface area contributed by atoms with E-state index < -0.39 is 0 Å². The predicted octanol–water partition coefficient (Wildman–Crippen LogP) is 3.12. The van der Waals surface area contributed by atoms with Crippen molar-refractivity contribution in [1.82, 2.24) is 10.6 Å². The molecule has 2 aliphatic heterocycles. The van der Waals surface area contributed by atoms with Gasteiger partial charge in [0, 0.05) is 38.8 Å². The molecule has 3 atom stereocenters. The van der Waals surface area contributed by atoms with E-state index in [9.17, 15) is 0 Å². The van der Waals surface area contributed by atoms with Crippen LogP contribution in [0.1, 0.15) is 37.9 Å². The van der Waals surface area contributed by atoms with Crippen molar-refractivity contribution < 1.29 is 9.47 Å². The lowest BCUT2D eigenvalue weighted by Gasteiger charge is -2.19. The number of ether oxygens (including phenoxy) is 2. The summed E-state index contributed by atoms with van der Waals surface area (Å²) in [5.74, 6) is 1.32. The Labute approximate surface area is 168 Å². The number of nitrogens with zero attached hydrogens (tertiary/aromatic N) is 1. The molecule has 0 radical (unpaired) electrons. The zero-order chi connectivity index (χ0) is 16.6. The Kier molecular flexibility index (Phi) is 8.98. The van der Waals surface area contributed by atoms with E-state index in [4.69, 9.17) is 14.5 Å². The average molecular weight is 459 g/mol. The molecule has 0 bridgehead atoms. The highest BCUT2D eigenvalue weighted by Crippen LogP contribution is 2.34. The number of hydrogen-bond donors (Lipinski definition) is 2. The minimum Gasteiger partial charge on any atom is -0.376 e. The first-order valence-corrected chi connectivity index (χ1v) is 9.17. The van der Waals surface area contributed by atoms with Gasteiger partial charge in [0.1, 0.15) is 0 Å². The molecule has 3 unspecified atom stereocenters. The van der Waals surface area contributed by atoms with Crippen LogP contribution in [-0.2, 0) is 9.47 Å². The van der Waals surface area contributed by atoms with Gasteiger partial charge in [-0.3, -0.25) is 4.99 Å². The van der Waals surface area contributed by atoms with Gasteiger partial charge in [-0.1, -0.05) is 30.3 Å². The van der Waals surface area contributed by atoms with Crippen LogP contribution in [0.5, 0.6) is 0 Å². The smallest absolute Gasteiger partial charge is 0.191 e. The standard InChI is InChI=1S/C19H29N3O2.HI/c1-2-20-19(22-14-17-9-6-11-23-17)21-13-16-10-12-24-18(16)15-7-4-3-5-8-15;/h3-5,7-8,16-18H,2,6,9-14H2,1H3,(H2,20,21,22);1H. The minimum absolute atomic E-state index is 0. The van der Waals surface area contributed by atoms with Crippen LogP contribution in [0, 0.1) is 5.92 Å². The third-order valence-electron chi connectivity index (χ3n) is 4.69. The van der Waals surface area contributed by atoms with Crippen molar-refractivity contribution in [3.8, 4) is 0 Å². The van der Waals surface area contributed by atoms with E-state index in [2.05, 4.69) is 41.8 Å². The summed E-state index contributed by atoms with van der Waals surface area (Å²) in [4.78, 5) is 4.79. The molecule has 2 saturated heterocycles. The SMILES string of the molecule is CCNC(=NCC1CCOC1c1ccccc1)NCC1CCCO1.I. The van der Waals surface area contributed by atoms with Crippen molar-refractivity contribution in [2.75, 3.05) is 32.8 Å². The van der Waals surface area contributed by atoms with Crippen molar-refractivity contribution in [2.24, 2.45) is 10.9 Å². The number of hydrogen-bond acceptors (Lipinski definition) is 3. The fourth-order valence-corrected chi connectivity index (χ4v) is 3.40. The molecule has 0 amide bonds. The second-order valence-electron chi connectivity index (χ2n) is 6.49. The fraction of sp³-hybridized carbons (Fsp3) is 0.632. The van der Waals surface area contributed by atoms with E-state index in [1.54, 1.807) is 0 Å². The van der Waals surface area contributed by atoms with Crippen molar-refractivity contribution in [1.29, 1.82) is 0 Å². The van der Waals surface area contributed by atoms with E-state index in [1.165, 1.54) is 5.56 Å².